The van der Waals surface area contributed by atoms with Crippen molar-refractivity contribution in [2.75, 3.05) is 13.2 Å². The van der Waals surface area contributed by atoms with E-state index in [0.717, 1.165) is 19.4 Å². The normalized spacial score (nSPS) is 28.8. The molecule has 1 heterocycles. The van der Waals surface area contributed by atoms with E-state index in [4.69, 9.17) is 14.9 Å². The molecular weight excluding hydrogens is 132 g/mol. The van der Waals surface area contributed by atoms with Crippen LogP contribution < -0.4 is 0 Å². The molecule has 0 amide bonds. The number of hydrogen-bond acceptors (Lipinski definition) is 3. The summed E-state index contributed by atoms with van der Waals surface area (Å²) >= 11 is 0. The summed E-state index contributed by atoms with van der Waals surface area (Å²) in [6.07, 6.45) is 2.28. The van der Waals surface area contributed by atoms with Crippen LogP contribution in [0.5, 0.6) is 0 Å². The average molecular weight is 146 g/mol. The molecule has 1 fully saturated rings. The fraction of sp³-hybridized carbons (Fsp3) is 1.00. The Hall–Kier alpha value is -0.120. The van der Waals surface area contributed by atoms with E-state index in [1.54, 1.807) is 0 Å². The van der Waals surface area contributed by atoms with Crippen LogP contribution in [0.15, 0.2) is 0 Å². The smallest absolute Gasteiger partial charge is 0.0795 e. The topological polar surface area (TPSA) is 49.7 Å². The van der Waals surface area contributed by atoms with Gasteiger partial charge in [0.05, 0.1) is 18.8 Å². The van der Waals surface area contributed by atoms with Gasteiger partial charge in [-0.25, -0.2) is 0 Å². The summed E-state index contributed by atoms with van der Waals surface area (Å²) in [6.45, 7) is 0.655. The molecule has 0 aromatic carbocycles. The highest BCUT2D eigenvalue weighted by Gasteiger charge is 2.18. The molecule has 1 aliphatic heterocycles. The van der Waals surface area contributed by atoms with Crippen molar-refractivity contribution < 1.29 is 14.9 Å². The minimum absolute atomic E-state index is 0.153. The van der Waals surface area contributed by atoms with Gasteiger partial charge >= 0.3 is 0 Å². The third kappa shape index (κ3) is 2.25. The second-order valence-electron chi connectivity index (χ2n) is 2.71. The molecule has 0 aromatic heterocycles. The highest BCUT2D eigenvalue weighted by atomic mass is 16.5. The first kappa shape index (κ1) is 7.98. The fourth-order valence-electron chi connectivity index (χ4n) is 1.21. The maximum absolute atomic E-state index is 8.99. The van der Waals surface area contributed by atoms with Crippen LogP contribution in [0.4, 0.5) is 0 Å². The third-order valence-electron chi connectivity index (χ3n) is 1.77. The van der Waals surface area contributed by atoms with Crippen LogP contribution in [-0.2, 0) is 4.74 Å². The van der Waals surface area contributed by atoms with Gasteiger partial charge in [0, 0.05) is 13.0 Å². The van der Waals surface area contributed by atoms with Crippen LogP contribution in [0.1, 0.15) is 19.3 Å². The lowest BCUT2D eigenvalue weighted by atomic mass is 10.1. The monoisotopic (exact) mass is 146 g/mol. The Morgan fingerprint density at radius 3 is 2.90 bits per heavy atom. The van der Waals surface area contributed by atoms with Gasteiger partial charge in [-0.05, 0) is 12.8 Å². The number of ether oxygens (including phenoxy) is 1. The predicted molar refractivity (Wildman–Crippen MR) is 36.7 cm³/mol. The van der Waals surface area contributed by atoms with E-state index in [1.165, 1.54) is 0 Å². The Morgan fingerprint density at radius 1 is 1.60 bits per heavy atom. The first-order chi connectivity index (χ1) is 4.83. The molecule has 0 bridgehead atoms. The second kappa shape index (κ2) is 3.91. The average Bonchev–Trinajstić information content (AvgIpc) is 2.40. The van der Waals surface area contributed by atoms with Crippen molar-refractivity contribution in [3.05, 3.63) is 0 Å². The van der Waals surface area contributed by atoms with E-state index in [2.05, 4.69) is 0 Å². The Morgan fingerprint density at radius 2 is 2.40 bits per heavy atom. The molecule has 3 heteroatoms. The molecule has 0 saturated carbocycles. The van der Waals surface area contributed by atoms with Gasteiger partial charge in [0.1, 0.15) is 0 Å². The lowest BCUT2D eigenvalue weighted by Crippen LogP contribution is -2.19. The maximum Gasteiger partial charge on any atom is 0.0795 e. The van der Waals surface area contributed by atoms with Crippen molar-refractivity contribution in [3.8, 4) is 0 Å². The maximum atomic E-state index is 8.99. The van der Waals surface area contributed by atoms with Crippen molar-refractivity contribution in [1.82, 2.24) is 0 Å². The molecule has 2 N–H and O–H groups in total. The summed E-state index contributed by atoms with van der Waals surface area (Å²) in [4.78, 5) is 0. The molecule has 0 aromatic rings. The molecule has 10 heavy (non-hydrogen) atoms. The van der Waals surface area contributed by atoms with Crippen LogP contribution in [0.2, 0.25) is 0 Å². The molecule has 0 radical (unpaired) electrons. The van der Waals surface area contributed by atoms with E-state index in [0.29, 0.717) is 6.42 Å². The summed E-state index contributed by atoms with van der Waals surface area (Å²) in [6, 6.07) is 0. The Balaban J connectivity index is 2.11. The summed E-state index contributed by atoms with van der Waals surface area (Å²) in [7, 11) is 0. The van der Waals surface area contributed by atoms with Crippen molar-refractivity contribution >= 4 is 0 Å². The number of aliphatic hydroxyl groups excluding tert-OH is 2. The number of aliphatic hydroxyl groups is 2. The minimum Gasteiger partial charge on any atom is -0.394 e. The van der Waals surface area contributed by atoms with Gasteiger partial charge in [0.15, 0.2) is 0 Å². The summed E-state index contributed by atoms with van der Waals surface area (Å²) in [5.41, 5.74) is 0. The zero-order chi connectivity index (χ0) is 7.40. The SMILES string of the molecule is OC[C@H](O)C[C@@H]1CCCO1. The van der Waals surface area contributed by atoms with Crippen molar-refractivity contribution in [2.45, 2.75) is 31.5 Å². The van der Waals surface area contributed by atoms with Gasteiger partial charge < -0.3 is 14.9 Å². The lowest BCUT2D eigenvalue weighted by Gasteiger charge is -2.11. The number of rotatable bonds is 3. The van der Waals surface area contributed by atoms with Gasteiger partial charge in [-0.1, -0.05) is 0 Å². The molecule has 1 saturated heterocycles. The van der Waals surface area contributed by atoms with Crippen LogP contribution in [0.3, 0.4) is 0 Å². The minimum atomic E-state index is -0.594. The van der Waals surface area contributed by atoms with Crippen LogP contribution in [0.25, 0.3) is 0 Å². The van der Waals surface area contributed by atoms with Crippen molar-refractivity contribution in [2.24, 2.45) is 0 Å². The number of hydrogen-bond donors (Lipinski definition) is 2. The zero-order valence-electron chi connectivity index (χ0n) is 5.99. The fourth-order valence-corrected chi connectivity index (χ4v) is 1.21. The Labute approximate surface area is 60.6 Å². The highest BCUT2D eigenvalue weighted by molar-refractivity contribution is 4.68. The standard InChI is InChI=1S/C7H14O3/c8-5-6(9)4-7-2-1-3-10-7/h6-9H,1-5H2/t6-,7+/m1/s1. The highest BCUT2D eigenvalue weighted by Crippen LogP contribution is 2.16. The Bertz CT molecular complexity index is 88.9. The Kier molecular flexibility index (Phi) is 3.12. The predicted octanol–water partition coefficient (Wildman–Crippen LogP) is -0.0913. The van der Waals surface area contributed by atoms with Gasteiger partial charge in [0.2, 0.25) is 0 Å². The summed E-state index contributed by atoms with van der Waals surface area (Å²) < 4.78 is 5.25. The van der Waals surface area contributed by atoms with E-state index >= 15 is 0 Å². The molecular formula is C7H14O3. The molecule has 0 aliphatic carbocycles. The third-order valence-corrected chi connectivity index (χ3v) is 1.77. The molecule has 1 aliphatic rings. The van der Waals surface area contributed by atoms with Crippen LogP contribution in [-0.4, -0.2) is 35.6 Å². The molecule has 1 rings (SSSR count). The van der Waals surface area contributed by atoms with E-state index < -0.39 is 6.10 Å². The van der Waals surface area contributed by atoms with Gasteiger partial charge in [0.25, 0.3) is 0 Å². The first-order valence-corrected chi connectivity index (χ1v) is 3.73. The molecule has 60 valence electrons. The van der Waals surface area contributed by atoms with Gasteiger partial charge in [-0.2, -0.15) is 0 Å². The van der Waals surface area contributed by atoms with E-state index in [9.17, 15) is 0 Å². The molecule has 0 unspecified atom stereocenters. The second-order valence-corrected chi connectivity index (χ2v) is 2.71. The summed E-state index contributed by atoms with van der Waals surface area (Å²) in [5.74, 6) is 0. The van der Waals surface area contributed by atoms with E-state index in [1.807, 2.05) is 0 Å². The zero-order valence-corrected chi connectivity index (χ0v) is 5.99. The lowest BCUT2D eigenvalue weighted by molar-refractivity contribution is 0.0270. The molecule has 3 nitrogen and oxygen atoms in total. The quantitative estimate of drug-likeness (QED) is 0.585. The van der Waals surface area contributed by atoms with Crippen molar-refractivity contribution in [1.29, 1.82) is 0 Å². The van der Waals surface area contributed by atoms with Crippen LogP contribution in [0, 0.1) is 0 Å². The molecule has 2 atom stereocenters. The van der Waals surface area contributed by atoms with Gasteiger partial charge in [-0.15, -0.1) is 0 Å². The largest absolute Gasteiger partial charge is 0.394 e. The van der Waals surface area contributed by atoms with Gasteiger partial charge in [-0.3, -0.25) is 0 Å². The molecule has 0 spiro atoms. The van der Waals surface area contributed by atoms with Crippen molar-refractivity contribution in [3.63, 3.8) is 0 Å². The van der Waals surface area contributed by atoms with E-state index in [-0.39, 0.29) is 12.7 Å². The summed E-state index contributed by atoms with van der Waals surface area (Å²) in [5, 5.41) is 17.5. The van der Waals surface area contributed by atoms with Crippen LogP contribution >= 0.6 is 0 Å². The first-order valence-electron chi connectivity index (χ1n) is 3.73.